The number of ether oxygens (including phenoxy) is 1. The summed E-state index contributed by atoms with van der Waals surface area (Å²) in [6.45, 7) is 1.82. The van der Waals surface area contributed by atoms with E-state index in [0.717, 1.165) is 11.1 Å². The summed E-state index contributed by atoms with van der Waals surface area (Å²) in [7, 11) is 1.49. The highest BCUT2D eigenvalue weighted by Gasteiger charge is 2.15. The molecule has 0 unspecified atom stereocenters. The second kappa shape index (κ2) is 10.3. The third-order valence-corrected chi connectivity index (χ3v) is 5.36. The van der Waals surface area contributed by atoms with Crippen LogP contribution >= 0.6 is 23.2 Å². The summed E-state index contributed by atoms with van der Waals surface area (Å²) in [5.74, 6) is -0.440. The molecule has 0 saturated heterocycles. The zero-order chi connectivity index (χ0) is 23.3. The second-order valence-corrected chi connectivity index (χ2v) is 7.92. The van der Waals surface area contributed by atoms with Crippen molar-refractivity contribution in [2.75, 3.05) is 12.4 Å². The van der Waals surface area contributed by atoms with E-state index in [9.17, 15) is 14.4 Å². The highest BCUT2D eigenvalue weighted by atomic mass is 35.5. The summed E-state index contributed by atoms with van der Waals surface area (Å²) >= 11 is 12.5. The molecule has 3 aromatic carbocycles. The van der Waals surface area contributed by atoms with Crippen molar-refractivity contribution in [2.24, 2.45) is 0 Å². The van der Waals surface area contributed by atoms with Gasteiger partial charge in [-0.1, -0.05) is 41.4 Å². The van der Waals surface area contributed by atoms with Crippen molar-refractivity contribution in [3.63, 3.8) is 0 Å². The zero-order valence-corrected chi connectivity index (χ0v) is 18.9. The van der Waals surface area contributed by atoms with Crippen LogP contribution in [-0.4, -0.2) is 13.0 Å². The number of nitrogens with one attached hydrogen (secondary N) is 1. The molecule has 162 valence electrons. The number of rotatable bonds is 6. The molecule has 3 rings (SSSR count). The molecule has 0 aliphatic heterocycles. The Labute approximate surface area is 195 Å². The predicted molar refractivity (Wildman–Crippen MR) is 126 cm³/mol. The fourth-order valence-electron chi connectivity index (χ4n) is 3.15. The number of halogens is 3. The van der Waals surface area contributed by atoms with Gasteiger partial charge in [-0.2, -0.15) is 5.26 Å². The average Bonchev–Trinajstić information content (AvgIpc) is 2.76. The lowest BCUT2D eigenvalue weighted by atomic mass is 10.0. The maximum atomic E-state index is 13.5. The third-order valence-electron chi connectivity index (χ3n) is 4.79. The largest absolute Gasteiger partial charge is 0.496 e. The molecule has 4 nitrogen and oxygen atoms in total. The van der Waals surface area contributed by atoms with Crippen molar-refractivity contribution in [3.8, 4) is 11.8 Å². The number of hydrogen-bond donors (Lipinski definition) is 1. The average molecular weight is 469 g/mol. The smallest absolute Gasteiger partial charge is 0.266 e. The quantitative estimate of drug-likeness (QED) is 0.328. The Morgan fingerprint density at radius 1 is 1.19 bits per heavy atom. The van der Waals surface area contributed by atoms with E-state index in [4.69, 9.17) is 27.9 Å². The van der Waals surface area contributed by atoms with Crippen molar-refractivity contribution >= 4 is 40.9 Å². The van der Waals surface area contributed by atoms with Crippen LogP contribution < -0.4 is 10.1 Å². The van der Waals surface area contributed by atoms with Crippen LogP contribution in [0, 0.1) is 24.1 Å². The van der Waals surface area contributed by atoms with E-state index in [2.05, 4.69) is 5.32 Å². The van der Waals surface area contributed by atoms with E-state index in [0.29, 0.717) is 39.0 Å². The molecule has 0 aromatic heterocycles. The molecule has 0 spiro atoms. The number of anilines is 1. The number of carbonyl (C=O) groups is 1. The van der Waals surface area contributed by atoms with Crippen molar-refractivity contribution in [2.45, 2.75) is 13.3 Å². The first-order valence-electron chi connectivity index (χ1n) is 9.61. The van der Waals surface area contributed by atoms with Crippen LogP contribution in [-0.2, 0) is 11.2 Å². The number of benzene rings is 3. The van der Waals surface area contributed by atoms with Gasteiger partial charge in [-0.25, -0.2) is 4.39 Å². The lowest BCUT2D eigenvalue weighted by Gasteiger charge is -2.13. The molecule has 0 bridgehead atoms. The van der Waals surface area contributed by atoms with Gasteiger partial charge in [0.2, 0.25) is 0 Å². The first-order chi connectivity index (χ1) is 15.3. The van der Waals surface area contributed by atoms with Gasteiger partial charge in [-0.15, -0.1) is 0 Å². The number of aryl methyl sites for hydroxylation is 1. The minimum absolute atomic E-state index is 0.111. The maximum absolute atomic E-state index is 13.5. The molecule has 0 fully saturated rings. The summed E-state index contributed by atoms with van der Waals surface area (Å²) in [4.78, 5) is 12.6. The zero-order valence-electron chi connectivity index (χ0n) is 17.4. The van der Waals surface area contributed by atoms with Gasteiger partial charge in [-0.3, -0.25) is 4.79 Å². The predicted octanol–water partition coefficient (Wildman–Crippen LogP) is 6.59. The summed E-state index contributed by atoms with van der Waals surface area (Å²) in [6.07, 6.45) is 1.79. The summed E-state index contributed by atoms with van der Waals surface area (Å²) in [5, 5.41) is 13.1. The van der Waals surface area contributed by atoms with Crippen LogP contribution in [0.25, 0.3) is 6.08 Å². The van der Waals surface area contributed by atoms with Crippen LogP contribution in [0.3, 0.4) is 0 Å². The first kappa shape index (κ1) is 23.3. The van der Waals surface area contributed by atoms with E-state index in [1.54, 1.807) is 42.5 Å². The molecule has 0 radical (unpaired) electrons. The van der Waals surface area contributed by atoms with E-state index < -0.39 is 5.91 Å². The summed E-state index contributed by atoms with van der Waals surface area (Å²) < 4.78 is 19.0. The van der Waals surface area contributed by atoms with Crippen molar-refractivity contribution in [1.82, 2.24) is 0 Å². The molecular weight excluding hydrogens is 450 g/mol. The standard InChI is InChI=1S/C25H19Cl2FN2O2/c1-15-6-7-19(26)13-23(15)30-25(31)18(14-29)8-17-11-22(27)21(24(12-17)32-2)10-16-4-3-5-20(28)9-16/h3-9,11-13H,10H2,1-2H3,(H,30,31)/b18-8+. The van der Waals surface area contributed by atoms with Gasteiger partial charge in [0.25, 0.3) is 5.91 Å². The van der Waals surface area contributed by atoms with Gasteiger partial charge in [0.05, 0.1) is 7.11 Å². The molecule has 0 aliphatic rings. The van der Waals surface area contributed by atoms with Crippen molar-refractivity contribution < 1.29 is 13.9 Å². The SMILES string of the molecule is COc1cc(/C=C(\C#N)C(=O)Nc2cc(Cl)ccc2C)cc(Cl)c1Cc1cccc(F)c1. The molecule has 1 amide bonds. The van der Waals surface area contributed by atoms with Crippen LogP contribution in [0.5, 0.6) is 5.75 Å². The minimum Gasteiger partial charge on any atom is -0.496 e. The fraction of sp³-hybridized carbons (Fsp3) is 0.120. The van der Waals surface area contributed by atoms with E-state index in [-0.39, 0.29) is 11.4 Å². The summed E-state index contributed by atoms with van der Waals surface area (Å²) in [6, 6.07) is 16.5. The second-order valence-electron chi connectivity index (χ2n) is 7.07. The molecule has 1 N–H and O–H groups in total. The monoisotopic (exact) mass is 468 g/mol. The Bertz CT molecular complexity index is 1250. The highest BCUT2D eigenvalue weighted by Crippen LogP contribution is 2.32. The maximum Gasteiger partial charge on any atom is 0.266 e. The molecular formula is C25H19Cl2FN2O2. The number of carbonyl (C=O) groups excluding carboxylic acids is 1. The van der Waals surface area contributed by atoms with Gasteiger partial charge in [0.15, 0.2) is 0 Å². The molecule has 3 aromatic rings. The number of amides is 1. The fourth-order valence-corrected chi connectivity index (χ4v) is 3.61. The van der Waals surface area contributed by atoms with Gasteiger partial charge in [-0.05, 0) is 66.1 Å². The summed E-state index contributed by atoms with van der Waals surface area (Å²) in [5.41, 5.74) is 3.15. The van der Waals surface area contributed by atoms with E-state index in [1.165, 1.54) is 25.3 Å². The van der Waals surface area contributed by atoms with Gasteiger partial charge >= 0.3 is 0 Å². The Hall–Kier alpha value is -3.33. The minimum atomic E-state index is -0.572. The Morgan fingerprint density at radius 2 is 1.97 bits per heavy atom. The van der Waals surface area contributed by atoms with Crippen molar-refractivity contribution in [3.05, 3.63) is 98.3 Å². The van der Waals surface area contributed by atoms with Crippen LogP contribution in [0.1, 0.15) is 22.3 Å². The Kier molecular flexibility index (Phi) is 7.53. The number of nitriles is 1. The number of methoxy groups -OCH3 is 1. The molecule has 32 heavy (non-hydrogen) atoms. The van der Waals surface area contributed by atoms with Crippen molar-refractivity contribution in [1.29, 1.82) is 5.26 Å². The van der Waals surface area contributed by atoms with Gasteiger partial charge in [0.1, 0.15) is 23.2 Å². The van der Waals surface area contributed by atoms with E-state index in [1.807, 2.05) is 13.0 Å². The van der Waals surface area contributed by atoms with Crippen LogP contribution in [0.4, 0.5) is 10.1 Å². The Morgan fingerprint density at radius 3 is 2.66 bits per heavy atom. The van der Waals surface area contributed by atoms with E-state index >= 15 is 0 Å². The molecule has 0 saturated carbocycles. The number of hydrogen-bond acceptors (Lipinski definition) is 3. The third kappa shape index (κ3) is 5.67. The number of nitrogens with zero attached hydrogens (tertiary/aromatic N) is 1. The molecule has 0 heterocycles. The normalized spacial score (nSPS) is 11.1. The van der Waals surface area contributed by atoms with Gasteiger partial charge in [0, 0.05) is 27.7 Å². The molecule has 7 heteroatoms. The lowest BCUT2D eigenvalue weighted by molar-refractivity contribution is -0.112. The Balaban J connectivity index is 1.90. The molecule has 0 aliphatic carbocycles. The topological polar surface area (TPSA) is 62.1 Å². The van der Waals surface area contributed by atoms with Crippen LogP contribution in [0.2, 0.25) is 10.0 Å². The van der Waals surface area contributed by atoms with Gasteiger partial charge < -0.3 is 10.1 Å². The lowest BCUT2D eigenvalue weighted by Crippen LogP contribution is -2.14. The molecule has 0 atom stereocenters. The highest BCUT2D eigenvalue weighted by molar-refractivity contribution is 6.32. The van der Waals surface area contributed by atoms with Crippen LogP contribution in [0.15, 0.2) is 60.2 Å². The first-order valence-corrected chi connectivity index (χ1v) is 10.4.